The van der Waals surface area contributed by atoms with Crippen LogP contribution in [-0.4, -0.2) is 60.5 Å². The number of nitrogens with zero attached hydrogens (tertiary/aromatic N) is 2. The molecular formula is C33H37N3O3. The number of likely N-dealkylation sites (tertiary alicyclic amines) is 2. The van der Waals surface area contributed by atoms with Gasteiger partial charge < -0.3 is 24.3 Å². The molecule has 5 aliphatic rings. The van der Waals surface area contributed by atoms with E-state index in [0.717, 1.165) is 80.2 Å². The Bertz CT molecular complexity index is 1470. The van der Waals surface area contributed by atoms with Gasteiger partial charge in [0.15, 0.2) is 11.5 Å². The number of nitrogens with one attached hydrogen (secondary N) is 1. The van der Waals surface area contributed by atoms with Crippen molar-refractivity contribution < 1.29 is 14.3 Å². The zero-order chi connectivity index (χ0) is 26.5. The van der Waals surface area contributed by atoms with Gasteiger partial charge in [0.2, 0.25) is 0 Å². The molecule has 6 heteroatoms. The van der Waals surface area contributed by atoms with Gasteiger partial charge in [0.1, 0.15) is 11.8 Å². The van der Waals surface area contributed by atoms with Crippen molar-refractivity contribution in [1.82, 2.24) is 14.8 Å². The second-order valence-corrected chi connectivity index (χ2v) is 12.5. The first-order valence-electron chi connectivity index (χ1n) is 14.6. The Morgan fingerprint density at radius 1 is 1.08 bits per heavy atom. The number of hydrogen-bond donors (Lipinski definition) is 1. The number of benzene rings is 2. The predicted octanol–water partition coefficient (Wildman–Crippen LogP) is 5.16. The Balaban J connectivity index is 1.15. The van der Waals surface area contributed by atoms with Crippen LogP contribution in [-0.2, 0) is 18.3 Å². The van der Waals surface area contributed by atoms with Gasteiger partial charge in [-0.25, -0.2) is 0 Å². The van der Waals surface area contributed by atoms with Crippen molar-refractivity contribution in [3.63, 3.8) is 0 Å². The number of H-pyrrole nitrogens is 1. The number of ether oxygens (including phenoxy) is 2. The van der Waals surface area contributed by atoms with Gasteiger partial charge in [-0.2, -0.15) is 0 Å². The van der Waals surface area contributed by atoms with Crippen molar-refractivity contribution in [3.05, 3.63) is 81.7 Å². The molecule has 6 nitrogen and oxygen atoms in total. The van der Waals surface area contributed by atoms with Crippen molar-refractivity contribution in [2.24, 2.45) is 5.92 Å². The van der Waals surface area contributed by atoms with Crippen molar-refractivity contribution in [1.29, 1.82) is 0 Å². The number of aromatic amines is 1. The first kappa shape index (κ1) is 23.6. The topological polar surface area (TPSA) is 57.8 Å². The minimum absolute atomic E-state index is 0.0622. The average molecular weight is 524 g/mol. The van der Waals surface area contributed by atoms with Crippen LogP contribution in [0.3, 0.4) is 0 Å². The lowest BCUT2D eigenvalue weighted by atomic mass is 9.51. The normalized spacial score (nSPS) is 29.0. The van der Waals surface area contributed by atoms with E-state index in [9.17, 15) is 4.79 Å². The first-order chi connectivity index (χ1) is 19.0. The molecule has 2 saturated heterocycles. The van der Waals surface area contributed by atoms with Crippen molar-refractivity contribution >= 4 is 5.91 Å². The molecule has 1 spiro atoms. The molecule has 2 fully saturated rings. The number of methoxy groups -OCH3 is 1. The Kier molecular flexibility index (Phi) is 5.07. The SMILES string of the molecule is COc1ccc2c3c1O[C@H]1c4[nH]c(C(=O)N5CCC(c6ccccc6)CC5)c(C)c4C[C@H]4[C@@H](C2)N(C)CCC314. The number of carbonyl (C=O) groups excluding carboxylic acids is 1. The summed E-state index contributed by atoms with van der Waals surface area (Å²) >= 11 is 0. The molecule has 4 atom stereocenters. The molecular weight excluding hydrogens is 486 g/mol. The van der Waals surface area contributed by atoms with Gasteiger partial charge in [0.25, 0.3) is 5.91 Å². The number of rotatable bonds is 3. The fourth-order valence-electron chi connectivity index (χ4n) is 8.95. The van der Waals surface area contributed by atoms with E-state index in [4.69, 9.17) is 9.47 Å². The van der Waals surface area contributed by atoms with Crippen LogP contribution in [0.4, 0.5) is 0 Å². The highest BCUT2D eigenvalue weighted by molar-refractivity contribution is 5.94. The molecule has 8 rings (SSSR count). The van der Waals surface area contributed by atoms with Crippen molar-refractivity contribution in [2.45, 2.75) is 62.5 Å². The number of fused-ring (bicyclic) bond motifs is 2. The second-order valence-electron chi connectivity index (χ2n) is 12.5. The molecule has 3 aliphatic heterocycles. The van der Waals surface area contributed by atoms with Crippen LogP contribution in [0.2, 0.25) is 0 Å². The van der Waals surface area contributed by atoms with E-state index in [1.165, 1.54) is 22.3 Å². The summed E-state index contributed by atoms with van der Waals surface area (Å²) in [6.45, 7) is 4.81. The Hall–Kier alpha value is -3.25. The van der Waals surface area contributed by atoms with Crippen LogP contribution < -0.4 is 9.47 Å². The van der Waals surface area contributed by atoms with E-state index < -0.39 is 0 Å². The number of aromatic nitrogens is 1. The largest absolute Gasteiger partial charge is 0.493 e. The summed E-state index contributed by atoms with van der Waals surface area (Å²) in [5, 5.41) is 0. The van der Waals surface area contributed by atoms with E-state index in [1.807, 2.05) is 0 Å². The van der Waals surface area contributed by atoms with Crippen LogP contribution in [0.1, 0.15) is 75.3 Å². The molecule has 3 aromatic rings. The van der Waals surface area contributed by atoms with E-state index >= 15 is 0 Å². The number of piperidine rings is 2. The zero-order valence-corrected chi connectivity index (χ0v) is 23.1. The predicted molar refractivity (Wildman–Crippen MR) is 150 cm³/mol. The molecule has 1 unspecified atom stereocenters. The summed E-state index contributed by atoms with van der Waals surface area (Å²) in [6, 6.07) is 15.6. The third kappa shape index (κ3) is 3.09. The highest BCUT2D eigenvalue weighted by Crippen LogP contribution is 2.67. The van der Waals surface area contributed by atoms with Crippen molar-refractivity contribution in [2.75, 3.05) is 33.8 Å². The van der Waals surface area contributed by atoms with Gasteiger partial charge in [-0.3, -0.25) is 4.79 Å². The molecule has 1 aromatic heterocycles. The molecule has 1 amide bonds. The Labute approximate surface area is 230 Å². The standard InChI is InChI=1S/C33H37N3O3/c1-19-23-18-24-25-17-22-9-10-26(38-3)30-27(22)33(24,13-16-35(25)2)31(39-30)29(23)34-28(19)32(37)36-14-11-21(12-15-36)20-7-5-4-6-8-20/h4-10,21,24-25,31,34H,11-18H2,1-3H3/t24-,25+,31-,33?/m0/s1. The summed E-state index contributed by atoms with van der Waals surface area (Å²) in [6.07, 6.45) is 5.03. The van der Waals surface area contributed by atoms with E-state index in [0.29, 0.717) is 17.9 Å². The van der Waals surface area contributed by atoms with Crippen LogP contribution in [0.25, 0.3) is 0 Å². The minimum atomic E-state index is -0.100. The molecule has 1 N–H and O–H groups in total. The molecule has 0 saturated carbocycles. The third-order valence-electron chi connectivity index (χ3n) is 11.0. The van der Waals surface area contributed by atoms with Gasteiger partial charge >= 0.3 is 0 Å². The van der Waals surface area contributed by atoms with Gasteiger partial charge in [-0.15, -0.1) is 0 Å². The molecule has 2 aliphatic carbocycles. The molecule has 2 aromatic carbocycles. The van der Waals surface area contributed by atoms with Crippen molar-refractivity contribution in [3.8, 4) is 11.5 Å². The van der Waals surface area contributed by atoms with E-state index in [2.05, 4.69) is 71.2 Å². The average Bonchev–Trinajstić information content (AvgIpc) is 3.49. The Morgan fingerprint density at radius 2 is 1.87 bits per heavy atom. The fraction of sp³-hybridized carbons (Fsp3) is 0.485. The number of hydrogen-bond acceptors (Lipinski definition) is 4. The molecule has 0 radical (unpaired) electrons. The first-order valence-corrected chi connectivity index (χ1v) is 14.6. The van der Waals surface area contributed by atoms with Gasteiger partial charge in [-0.1, -0.05) is 36.4 Å². The zero-order valence-electron chi connectivity index (χ0n) is 23.1. The maximum Gasteiger partial charge on any atom is 0.270 e. The quantitative estimate of drug-likeness (QED) is 0.516. The summed E-state index contributed by atoms with van der Waals surface area (Å²) in [7, 11) is 4.02. The van der Waals surface area contributed by atoms with E-state index in [1.54, 1.807) is 7.11 Å². The van der Waals surface area contributed by atoms with Crippen LogP contribution >= 0.6 is 0 Å². The smallest absolute Gasteiger partial charge is 0.270 e. The van der Waals surface area contributed by atoms with Gasteiger partial charge in [0.05, 0.1) is 12.8 Å². The van der Waals surface area contributed by atoms with Crippen LogP contribution in [0.5, 0.6) is 11.5 Å². The maximum absolute atomic E-state index is 14.0. The highest BCUT2D eigenvalue weighted by Gasteiger charge is 2.65. The monoisotopic (exact) mass is 523 g/mol. The number of likely N-dealkylation sites (N-methyl/N-ethyl adjacent to an activating group) is 1. The molecule has 4 heterocycles. The fourth-order valence-corrected chi connectivity index (χ4v) is 8.95. The molecule has 39 heavy (non-hydrogen) atoms. The van der Waals surface area contributed by atoms with Crippen LogP contribution in [0, 0.1) is 12.8 Å². The summed E-state index contributed by atoms with van der Waals surface area (Å²) in [4.78, 5) is 22.3. The number of carbonyl (C=O) groups is 1. The summed E-state index contributed by atoms with van der Waals surface area (Å²) in [5.74, 6) is 2.90. The number of amides is 1. The van der Waals surface area contributed by atoms with E-state index in [-0.39, 0.29) is 17.4 Å². The van der Waals surface area contributed by atoms with Crippen LogP contribution in [0.15, 0.2) is 42.5 Å². The lowest BCUT2D eigenvalue weighted by Gasteiger charge is -2.57. The molecule has 2 bridgehead atoms. The highest BCUT2D eigenvalue weighted by atomic mass is 16.5. The lowest BCUT2D eigenvalue weighted by Crippen LogP contribution is -2.62. The lowest BCUT2D eigenvalue weighted by molar-refractivity contribution is -0.0256. The summed E-state index contributed by atoms with van der Waals surface area (Å²) < 4.78 is 12.7. The summed E-state index contributed by atoms with van der Waals surface area (Å²) in [5.41, 5.74) is 8.44. The maximum atomic E-state index is 14.0. The Morgan fingerprint density at radius 3 is 2.64 bits per heavy atom. The van der Waals surface area contributed by atoms with Gasteiger partial charge in [0, 0.05) is 30.1 Å². The van der Waals surface area contributed by atoms with Gasteiger partial charge in [-0.05, 0) is 92.8 Å². The second kappa shape index (κ2) is 8.37. The molecule has 202 valence electrons. The minimum Gasteiger partial charge on any atom is -0.493 e. The third-order valence-corrected chi connectivity index (χ3v) is 11.0.